The lowest BCUT2D eigenvalue weighted by molar-refractivity contribution is -0.142. The average Bonchev–Trinajstić information content (AvgIpc) is 2.27. The number of ether oxygens (including phenoxy) is 1. The molecule has 5 heteroatoms. The molecule has 0 saturated heterocycles. The Labute approximate surface area is 106 Å². The van der Waals surface area contributed by atoms with Crippen molar-refractivity contribution in [3.8, 4) is 5.75 Å². The topological polar surface area (TPSA) is 75.8 Å². The Bertz CT molecular complexity index is 485. The van der Waals surface area contributed by atoms with Crippen LogP contribution < -0.4 is 15.4 Å². The van der Waals surface area contributed by atoms with Crippen LogP contribution in [0.3, 0.4) is 0 Å². The van der Waals surface area contributed by atoms with Crippen LogP contribution in [-0.4, -0.2) is 29.3 Å². The predicted octanol–water partition coefficient (Wildman–Crippen LogP) is 1.72. The zero-order chi connectivity index (χ0) is 13.5. The number of fused-ring (bicyclic) bond motifs is 1. The van der Waals surface area contributed by atoms with E-state index in [4.69, 9.17) is 10.5 Å². The van der Waals surface area contributed by atoms with Gasteiger partial charge in [0.2, 0.25) is 0 Å². The fourth-order valence-electron chi connectivity index (χ4n) is 2.15. The fraction of sp³-hybridized carbons (Fsp3) is 0.462. The van der Waals surface area contributed by atoms with Crippen molar-refractivity contribution in [3.05, 3.63) is 18.2 Å². The van der Waals surface area contributed by atoms with Crippen LogP contribution in [0.5, 0.6) is 5.75 Å². The van der Waals surface area contributed by atoms with Crippen molar-refractivity contribution in [3.63, 3.8) is 0 Å². The van der Waals surface area contributed by atoms with Gasteiger partial charge in [0.15, 0.2) is 0 Å². The Balaban J connectivity index is 2.55. The highest BCUT2D eigenvalue weighted by Gasteiger charge is 2.40. The van der Waals surface area contributed by atoms with Gasteiger partial charge in [-0.15, -0.1) is 0 Å². The third-order valence-corrected chi connectivity index (χ3v) is 3.27. The summed E-state index contributed by atoms with van der Waals surface area (Å²) < 4.78 is 5.70. The van der Waals surface area contributed by atoms with E-state index in [-0.39, 0.29) is 6.10 Å². The van der Waals surface area contributed by atoms with Gasteiger partial charge in [-0.2, -0.15) is 0 Å². The second-order valence-corrected chi connectivity index (χ2v) is 5.10. The average molecular weight is 250 g/mol. The first-order valence-corrected chi connectivity index (χ1v) is 5.90. The lowest BCUT2D eigenvalue weighted by atomic mass is 9.99. The van der Waals surface area contributed by atoms with Crippen molar-refractivity contribution >= 4 is 17.3 Å². The molecule has 0 amide bonds. The number of hydrogen-bond acceptors (Lipinski definition) is 4. The molecule has 0 saturated carbocycles. The smallest absolute Gasteiger partial charge is 0.328 e. The quantitative estimate of drug-likeness (QED) is 0.782. The minimum atomic E-state index is -1.03. The van der Waals surface area contributed by atoms with Crippen molar-refractivity contribution in [2.24, 2.45) is 0 Å². The van der Waals surface area contributed by atoms with E-state index in [1.54, 1.807) is 30.9 Å². The second kappa shape index (κ2) is 4.08. The maximum atomic E-state index is 11.4. The van der Waals surface area contributed by atoms with Crippen molar-refractivity contribution in [1.29, 1.82) is 0 Å². The number of benzene rings is 1. The molecule has 5 nitrogen and oxygen atoms in total. The standard InChI is InChI=1S/C13H18N2O3/c1-8-7-15(13(2,3)12(16)17)11-9(14)5-4-6-10(11)18-8/h4-6,8H,7,14H2,1-3H3,(H,16,17). The molecule has 1 aliphatic rings. The Morgan fingerprint density at radius 2 is 2.22 bits per heavy atom. The summed E-state index contributed by atoms with van der Waals surface area (Å²) >= 11 is 0. The summed E-state index contributed by atoms with van der Waals surface area (Å²) in [5, 5.41) is 9.37. The highest BCUT2D eigenvalue weighted by molar-refractivity contribution is 5.87. The number of nitrogens with two attached hydrogens (primary N) is 1. The summed E-state index contributed by atoms with van der Waals surface area (Å²) in [5.41, 5.74) is 6.14. The predicted molar refractivity (Wildman–Crippen MR) is 70.0 cm³/mol. The minimum Gasteiger partial charge on any atom is -0.487 e. The maximum Gasteiger partial charge on any atom is 0.328 e. The van der Waals surface area contributed by atoms with Crippen LogP contribution in [0.1, 0.15) is 20.8 Å². The van der Waals surface area contributed by atoms with Crippen LogP contribution >= 0.6 is 0 Å². The van der Waals surface area contributed by atoms with Crippen molar-refractivity contribution in [2.45, 2.75) is 32.4 Å². The van der Waals surface area contributed by atoms with Gasteiger partial charge in [0, 0.05) is 0 Å². The Hall–Kier alpha value is -1.91. The second-order valence-electron chi connectivity index (χ2n) is 5.10. The fourth-order valence-corrected chi connectivity index (χ4v) is 2.15. The molecule has 3 N–H and O–H groups in total. The number of anilines is 2. The molecule has 0 bridgehead atoms. The van der Waals surface area contributed by atoms with Gasteiger partial charge >= 0.3 is 5.97 Å². The zero-order valence-electron chi connectivity index (χ0n) is 10.8. The molecule has 98 valence electrons. The van der Waals surface area contributed by atoms with Gasteiger partial charge < -0.3 is 20.5 Å². The summed E-state index contributed by atoms with van der Waals surface area (Å²) in [5.74, 6) is -0.242. The van der Waals surface area contributed by atoms with Gasteiger partial charge in [0.25, 0.3) is 0 Å². The van der Waals surface area contributed by atoms with E-state index in [2.05, 4.69) is 0 Å². The summed E-state index contributed by atoms with van der Waals surface area (Å²) in [6, 6.07) is 5.37. The number of rotatable bonds is 2. The highest BCUT2D eigenvalue weighted by Crippen LogP contribution is 2.41. The highest BCUT2D eigenvalue weighted by atomic mass is 16.5. The van der Waals surface area contributed by atoms with Crippen molar-refractivity contribution in [2.75, 3.05) is 17.2 Å². The minimum absolute atomic E-state index is 0.0714. The van der Waals surface area contributed by atoms with Crippen LogP contribution in [0.4, 0.5) is 11.4 Å². The van der Waals surface area contributed by atoms with E-state index in [1.165, 1.54) is 0 Å². The van der Waals surface area contributed by atoms with E-state index in [9.17, 15) is 9.90 Å². The first-order chi connectivity index (χ1) is 8.34. The molecule has 0 radical (unpaired) electrons. The SMILES string of the molecule is CC1CN(C(C)(C)C(=O)O)c2c(N)cccc2O1. The number of carbonyl (C=O) groups is 1. The van der Waals surface area contributed by atoms with E-state index in [0.717, 1.165) is 0 Å². The number of para-hydroxylation sites is 1. The van der Waals surface area contributed by atoms with E-state index in [0.29, 0.717) is 23.7 Å². The summed E-state index contributed by atoms with van der Waals surface area (Å²) in [6.07, 6.45) is -0.0714. The third-order valence-electron chi connectivity index (χ3n) is 3.27. The summed E-state index contributed by atoms with van der Waals surface area (Å²) in [6.45, 7) is 5.75. The first-order valence-electron chi connectivity index (χ1n) is 5.90. The maximum absolute atomic E-state index is 11.4. The molecule has 1 aromatic carbocycles. The molecule has 0 aliphatic carbocycles. The summed E-state index contributed by atoms with van der Waals surface area (Å²) in [4.78, 5) is 13.2. The Morgan fingerprint density at radius 3 is 2.83 bits per heavy atom. The van der Waals surface area contributed by atoms with Gasteiger partial charge in [-0.3, -0.25) is 0 Å². The van der Waals surface area contributed by atoms with E-state index in [1.807, 2.05) is 13.0 Å². The number of hydrogen-bond donors (Lipinski definition) is 2. The molecular formula is C13H18N2O3. The Kier molecular flexibility index (Phi) is 2.84. The monoisotopic (exact) mass is 250 g/mol. The van der Waals surface area contributed by atoms with Crippen LogP contribution in [-0.2, 0) is 4.79 Å². The lowest BCUT2D eigenvalue weighted by Crippen LogP contribution is -2.55. The van der Waals surface area contributed by atoms with Crippen LogP contribution in [0.25, 0.3) is 0 Å². The zero-order valence-corrected chi connectivity index (χ0v) is 10.8. The molecule has 1 unspecified atom stereocenters. The molecule has 1 atom stereocenters. The number of nitrogen functional groups attached to an aromatic ring is 1. The van der Waals surface area contributed by atoms with Crippen LogP contribution in [0.2, 0.25) is 0 Å². The number of nitrogens with zero attached hydrogens (tertiary/aromatic N) is 1. The number of carboxylic acid groups (broad SMARTS) is 1. The van der Waals surface area contributed by atoms with Gasteiger partial charge in [0.05, 0.1) is 12.2 Å². The van der Waals surface area contributed by atoms with Gasteiger partial charge in [-0.05, 0) is 32.9 Å². The molecule has 1 aromatic rings. The number of carboxylic acids is 1. The van der Waals surface area contributed by atoms with Crippen LogP contribution in [0, 0.1) is 0 Å². The van der Waals surface area contributed by atoms with Crippen molar-refractivity contribution in [1.82, 2.24) is 0 Å². The molecular weight excluding hydrogens is 232 g/mol. The molecule has 1 heterocycles. The largest absolute Gasteiger partial charge is 0.487 e. The molecule has 1 aliphatic heterocycles. The lowest BCUT2D eigenvalue weighted by Gasteiger charge is -2.43. The molecule has 0 spiro atoms. The first kappa shape index (κ1) is 12.5. The van der Waals surface area contributed by atoms with Crippen LogP contribution in [0.15, 0.2) is 18.2 Å². The third kappa shape index (κ3) is 1.85. The molecule has 0 aromatic heterocycles. The molecule has 2 rings (SSSR count). The van der Waals surface area contributed by atoms with E-state index >= 15 is 0 Å². The summed E-state index contributed by atoms with van der Waals surface area (Å²) in [7, 11) is 0. The molecule has 18 heavy (non-hydrogen) atoms. The van der Waals surface area contributed by atoms with E-state index < -0.39 is 11.5 Å². The number of aliphatic carboxylic acids is 1. The van der Waals surface area contributed by atoms with Gasteiger partial charge in [0.1, 0.15) is 23.1 Å². The normalized spacial score (nSPS) is 19.1. The Morgan fingerprint density at radius 1 is 1.56 bits per heavy atom. The van der Waals surface area contributed by atoms with Gasteiger partial charge in [-0.25, -0.2) is 4.79 Å². The van der Waals surface area contributed by atoms with Gasteiger partial charge in [-0.1, -0.05) is 6.07 Å². The molecule has 0 fully saturated rings. The van der Waals surface area contributed by atoms with Crippen molar-refractivity contribution < 1.29 is 14.6 Å².